The molecule has 0 bridgehead atoms. The third-order valence-corrected chi connectivity index (χ3v) is 3.55. The number of aromatic nitrogens is 1. The monoisotopic (exact) mass is 242 g/mol. The van der Waals surface area contributed by atoms with Crippen molar-refractivity contribution in [3.63, 3.8) is 0 Å². The first-order valence-electron chi connectivity index (χ1n) is 6.51. The highest BCUT2D eigenvalue weighted by Gasteiger charge is 2.08. The highest BCUT2D eigenvalue weighted by molar-refractivity contribution is 5.27. The Morgan fingerprint density at radius 2 is 2.22 bits per heavy atom. The number of aryl methyl sites for hydroxylation is 1. The zero-order valence-electron chi connectivity index (χ0n) is 10.8. The molecule has 0 amide bonds. The first-order chi connectivity index (χ1) is 8.72. The molecule has 3 nitrogen and oxygen atoms in total. The topological polar surface area (TPSA) is 45.8 Å². The van der Waals surface area contributed by atoms with Gasteiger partial charge in [0, 0.05) is 12.2 Å². The molecule has 0 spiro atoms. The van der Waals surface area contributed by atoms with Crippen LogP contribution in [-0.2, 0) is 6.54 Å². The summed E-state index contributed by atoms with van der Waals surface area (Å²) in [6, 6.07) is 5.40. The van der Waals surface area contributed by atoms with Crippen molar-refractivity contribution in [3.8, 4) is 6.07 Å². The molecular weight excluding hydrogens is 224 g/mol. The van der Waals surface area contributed by atoms with E-state index in [9.17, 15) is 4.79 Å². The molecule has 1 heterocycles. The summed E-state index contributed by atoms with van der Waals surface area (Å²) >= 11 is 0. The van der Waals surface area contributed by atoms with E-state index in [-0.39, 0.29) is 11.1 Å². The van der Waals surface area contributed by atoms with Crippen molar-refractivity contribution in [1.82, 2.24) is 4.57 Å². The molecule has 18 heavy (non-hydrogen) atoms. The molecule has 0 atom stereocenters. The van der Waals surface area contributed by atoms with Gasteiger partial charge in [0.25, 0.3) is 5.56 Å². The Labute approximate surface area is 107 Å². The second-order valence-corrected chi connectivity index (χ2v) is 4.82. The smallest absolute Gasteiger partial charge is 0.268 e. The Morgan fingerprint density at radius 1 is 1.39 bits per heavy atom. The van der Waals surface area contributed by atoms with E-state index in [0.717, 1.165) is 18.5 Å². The Balaban J connectivity index is 2.16. The molecule has 0 radical (unpaired) electrons. The van der Waals surface area contributed by atoms with Crippen LogP contribution in [0.3, 0.4) is 0 Å². The molecule has 0 aromatic carbocycles. The fourth-order valence-electron chi connectivity index (χ4n) is 2.42. The molecule has 1 aromatic heterocycles. The molecule has 0 fully saturated rings. The van der Waals surface area contributed by atoms with E-state index in [2.05, 4.69) is 6.08 Å². The second kappa shape index (κ2) is 5.68. The van der Waals surface area contributed by atoms with Crippen LogP contribution < -0.4 is 5.56 Å². The molecular formula is C15H18N2O. The van der Waals surface area contributed by atoms with Gasteiger partial charge in [0.05, 0.1) is 0 Å². The fourth-order valence-corrected chi connectivity index (χ4v) is 2.42. The van der Waals surface area contributed by atoms with Crippen molar-refractivity contribution in [2.75, 3.05) is 0 Å². The predicted molar refractivity (Wildman–Crippen MR) is 71.3 cm³/mol. The number of pyridine rings is 1. The average molecular weight is 242 g/mol. The summed E-state index contributed by atoms with van der Waals surface area (Å²) in [6.45, 7) is 2.60. The molecule has 0 saturated carbocycles. The van der Waals surface area contributed by atoms with E-state index < -0.39 is 0 Å². The van der Waals surface area contributed by atoms with E-state index >= 15 is 0 Å². The molecule has 0 unspecified atom stereocenters. The summed E-state index contributed by atoms with van der Waals surface area (Å²) in [7, 11) is 0. The molecule has 1 aromatic rings. The van der Waals surface area contributed by atoms with E-state index in [1.54, 1.807) is 10.6 Å². The van der Waals surface area contributed by atoms with Gasteiger partial charge in [0.2, 0.25) is 0 Å². The van der Waals surface area contributed by atoms with Gasteiger partial charge < -0.3 is 4.57 Å². The number of hydrogen-bond donors (Lipinski definition) is 0. The fraction of sp³-hybridized carbons (Fsp3) is 0.467. The Bertz CT molecular complexity index is 561. The zero-order chi connectivity index (χ0) is 13.0. The third-order valence-electron chi connectivity index (χ3n) is 3.55. The molecule has 2 rings (SSSR count). The van der Waals surface area contributed by atoms with Gasteiger partial charge in [-0.2, -0.15) is 5.26 Å². The Hall–Kier alpha value is -1.82. The van der Waals surface area contributed by atoms with Crippen molar-refractivity contribution >= 4 is 0 Å². The number of allylic oxidation sites excluding steroid dienone is 2. The molecule has 0 N–H and O–H groups in total. The largest absolute Gasteiger partial charge is 0.311 e. The van der Waals surface area contributed by atoms with Gasteiger partial charge in [-0.1, -0.05) is 11.6 Å². The number of nitrogens with zero attached hydrogens (tertiary/aromatic N) is 2. The van der Waals surface area contributed by atoms with Crippen LogP contribution in [0.5, 0.6) is 0 Å². The molecule has 3 heteroatoms. The Kier molecular flexibility index (Phi) is 3.99. The maximum atomic E-state index is 12.0. The van der Waals surface area contributed by atoms with Crippen LogP contribution in [0, 0.1) is 18.3 Å². The zero-order valence-corrected chi connectivity index (χ0v) is 10.8. The molecule has 1 aliphatic carbocycles. The SMILES string of the molecule is Cc1ccc(C#N)c(=O)n1CCC1=CCCCC1. The van der Waals surface area contributed by atoms with Gasteiger partial charge in [-0.15, -0.1) is 0 Å². The van der Waals surface area contributed by atoms with Crippen molar-refractivity contribution in [3.05, 3.63) is 45.4 Å². The van der Waals surface area contributed by atoms with Crippen LogP contribution in [0.15, 0.2) is 28.6 Å². The average Bonchev–Trinajstić information content (AvgIpc) is 2.40. The lowest BCUT2D eigenvalue weighted by molar-refractivity contribution is 0.603. The van der Waals surface area contributed by atoms with Crippen molar-refractivity contribution in [2.24, 2.45) is 0 Å². The van der Waals surface area contributed by atoms with Crippen LogP contribution >= 0.6 is 0 Å². The van der Waals surface area contributed by atoms with E-state index in [1.165, 1.54) is 24.8 Å². The highest BCUT2D eigenvalue weighted by atomic mass is 16.1. The minimum Gasteiger partial charge on any atom is -0.311 e. The van der Waals surface area contributed by atoms with E-state index in [1.807, 2.05) is 19.1 Å². The lowest BCUT2D eigenvalue weighted by atomic mass is 9.97. The van der Waals surface area contributed by atoms with Gasteiger partial charge >= 0.3 is 0 Å². The van der Waals surface area contributed by atoms with Crippen LogP contribution in [0.25, 0.3) is 0 Å². The minimum atomic E-state index is -0.158. The van der Waals surface area contributed by atoms with Crippen LogP contribution in [0.2, 0.25) is 0 Å². The minimum absolute atomic E-state index is 0.158. The van der Waals surface area contributed by atoms with Crippen molar-refractivity contribution in [2.45, 2.75) is 45.6 Å². The maximum absolute atomic E-state index is 12.0. The maximum Gasteiger partial charge on any atom is 0.268 e. The van der Waals surface area contributed by atoms with Gasteiger partial charge in [-0.05, 0) is 51.2 Å². The van der Waals surface area contributed by atoms with Crippen molar-refractivity contribution < 1.29 is 0 Å². The quantitative estimate of drug-likeness (QED) is 0.765. The number of rotatable bonds is 3. The van der Waals surface area contributed by atoms with E-state index in [0.29, 0.717) is 6.54 Å². The summed E-state index contributed by atoms with van der Waals surface area (Å²) in [5, 5.41) is 8.88. The first-order valence-corrected chi connectivity index (χ1v) is 6.51. The van der Waals surface area contributed by atoms with Gasteiger partial charge in [-0.25, -0.2) is 0 Å². The lowest BCUT2D eigenvalue weighted by Gasteiger charge is -2.15. The molecule has 0 aliphatic heterocycles. The molecule has 0 saturated heterocycles. The number of hydrogen-bond acceptors (Lipinski definition) is 2. The number of nitriles is 1. The van der Waals surface area contributed by atoms with Gasteiger partial charge in [0.15, 0.2) is 0 Å². The second-order valence-electron chi connectivity index (χ2n) is 4.82. The van der Waals surface area contributed by atoms with E-state index in [4.69, 9.17) is 5.26 Å². The molecule has 94 valence electrons. The lowest BCUT2D eigenvalue weighted by Crippen LogP contribution is -2.24. The summed E-state index contributed by atoms with van der Waals surface area (Å²) < 4.78 is 1.72. The standard InChI is InChI=1S/C15H18N2O/c1-12-7-8-14(11-16)15(18)17(12)10-9-13-5-3-2-4-6-13/h5,7-8H,2-4,6,9-10H2,1H3. The summed E-state index contributed by atoms with van der Waals surface area (Å²) in [6.07, 6.45) is 8.10. The molecule has 1 aliphatic rings. The Morgan fingerprint density at radius 3 is 2.89 bits per heavy atom. The van der Waals surface area contributed by atoms with Gasteiger partial charge in [0.1, 0.15) is 11.6 Å². The van der Waals surface area contributed by atoms with Crippen LogP contribution in [-0.4, -0.2) is 4.57 Å². The summed E-state index contributed by atoms with van der Waals surface area (Å²) in [4.78, 5) is 12.0. The first kappa shape index (κ1) is 12.6. The normalized spacial score (nSPS) is 15.0. The summed E-state index contributed by atoms with van der Waals surface area (Å²) in [5.74, 6) is 0. The summed E-state index contributed by atoms with van der Waals surface area (Å²) in [5.41, 5.74) is 2.46. The van der Waals surface area contributed by atoms with Crippen molar-refractivity contribution in [1.29, 1.82) is 5.26 Å². The predicted octanol–water partition coefficient (Wildman–Crippen LogP) is 2.92. The third kappa shape index (κ3) is 2.70. The highest BCUT2D eigenvalue weighted by Crippen LogP contribution is 2.20. The van der Waals surface area contributed by atoms with Crippen LogP contribution in [0.1, 0.15) is 43.4 Å². The van der Waals surface area contributed by atoms with Crippen LogP contribution in [0.4, 0.5) is 0 Å². The van der Waals surface area contributed by atoms with Gasteiger partial charge in [-0.3, -0.25) is 4.79 Å².